The lowest BCUT2D eigenvalue weighted by atomic mass is 10.0. The van der Waals surface area contributed by atoms with Crippen LogP contribution >= 0.6 is 0 Å². The van der Waals surface area contributed by atoms with E-state index in [2.05, 4.69) is 0 Å². The number of halogens is 3. The van der Waals surface area contributed by atoms with Gasteiger partial charge in [0.25, 0.3) is 0 Å². The molecule has 0 unspecified atom stereocenters. The molecule has 0 saturated carbocycles. The molecule has 0 aliphatic carbocycles. The Morgan fingerprint density at radius 1 is 1.33 bits per heavy atom. The maximum Gasteiger partial charge on any atom is 0.416 e. The summed E-state index contributed by atoms with van der Waals surface area (Å²) in [6.45, 7) is -0.446. The van der Waals surface area contributed by atoms with Crippen molar-refractivity contribution >= 4 is 0 Å². The number of aliphatic hydroxyl groups excluding tert-OH is 1. The number of rotatable bonds is 2. The number of nitrogens with two attached hydrogens (primary N) is 1. The van der Waals surface area contributed by atoms with E-state index in [0.717, 1.165) is 12.1 Å². The summed E-state index contributed by atoms with van der Waals surface area (Å²) in [6.07, 6.45) is -4.50. The molecule has 1 rings (SSSR count). The van der Waals surface area contributed by atoms with Crippen molar-refractivity contribution in [2.75, 3.05) is 6.61 Å². The lowest BCUT2D eigenvalue weighted by Gasteiger charge is -2.13. The van der Waals surface area contributed by atoms with Gasteiger partial charge in [-0.25, -0.2) is 0 Å². The summed E-state index contributed by atoms with van der Waals surface area (Å²) in [5.41, 5.74) is 4.50. The van der Waals surface area contributed by atoms with Crippen LogP contribution in [0.5, 0.6) is 5.75 Å². The fraction of sp³-hybridized carbons (Fsp3) is 0.333. The highest BCUT2D eigenvalue weighted by atomic mass is 19.4. The van der Waals surface area contributed by atoms with Gasteiger partial charge in [0.1, 0.15) is 5.75 Å². The van der Waals surface area contributed by atoms with Crippen molar-refractivity contribution in [1.29, 1.82) is 0 Å². The smallest absolute Gasteiger partial charge is 0.416 e. The fourth-order valence-electron chi connectivity index (χ4n) is 1.13. The molecule has 1 atom stereocenters. The third-order valence-electron chi connectivity index (χ3n) is 1.95. The molecule has 3 nitrogen and oxygen atoms in total. The molecule has 0 fully saturated rings. The minimum atomic E-state index is -4.50. The standard InChI is InChI=1S/C9H10F3NO2/c10-9(11,12)5-1-2-6(7(13)4-14)8(15)3-5/h1-3,7,14-15H,4,13H2/t7-/m1/s1. The van der Waals surface area contributed by atoms with Crippen LogP contribution < -0.4 is 5.73 Å². The zero-order valence-electron chi connectivity index (χ0n) is 7.62. The van der Waals surface area contributed by atoms with Gasteiger partial charge in [-0.1, -0.05) is 6.07 Å². The van der Waals surface area contributed by atoms with Gasteiger partial charge >= 0.3 is 6.18 Å². The van der Waals surface area contributed by atoms with E-state index >= 15 is 0 Å². The van der Waals surface area contributed by atoms with Gasteiger partial charge in [-0.2, -0.15) is 13.2 Å². The van der Waals surface area contributed by atoms with Crippen LogP contribution in [0.2, 0.25) is 0 Å². The summed E-state index contributed by atoms with van der Waals surface area (Å²) in [5.74, 6) is -0.564. The molecule has 0 bridgehead atoms. The highest BCUT2D eigenvalue weighted by Gasteiger charge is 2.31. The molecule has 0 amide bonds. The second kappa shape index (κ2) is 4.08. The molecule has 6 heteroatoms. The Balaban J connectivity index is 3.09. The highest BCUT2D eigenvalue weighted by molar-refractivity contribution is 5.39. The first kappa shape index (κ1) is 11.8. The molecule has 4 N–H and O–H groups in total. The number of phenols is 1. The lowest BCUT2D eigenvalue weighted by molar-refractivity contribution is -0.137. The Kier molecular flexibility index (Phi) is 3.21. The molecule has 0 saturated heterocycles. The maximum absolute atomic E-state index is 12.2. The minimum absolute atomic E-state index is 0.0884. The van der Waals surface area contributed by atoms with Crippen LogP contribution in [-0.4, -0.2) is 16.8 Å². The van der Waals surface area contributed by atoms with Crippen LogP contribution in [0.1, 0.15) is 17.2 Å². The van der Waals surface area contributed by atoms with Gasteiger partial charge in [0, 0.05) is 5.56 Å². The van der Waals surface area contributed by atoms with Gasteiger partial charge in [-0.3, -0.25) is 0 Å². The average molecular weight is 221 g/mol. The molecule has 1 aromatic rings. The van der Waals surface area contributed by atoms with E-state index in [1.54, 1.807) is 0 Å². The Morgan fingerprint density at radius 2 is 1.93 bits per heavy atom. The second-order valence-electron chi connectivity index (χ2n) is 3.06. The summed E-state index contributed by atoms with van der Waals surface area (Å²) < 4.78 is 36.6. The number of hydrogen-bond acceptors (Lipinski definition) is 3. The van der Waals surface area contributed by atoms with Crippen LogP contribution in [0.25, 0.3) is 0 Å². The third kappa shape index (κ3) is 2.60. The van der Waals surface area contributed by atoms with Gasteiger partial charge in [0.15, 0.2) is 0 Å². The molecule has 84 valence electrons. The normalized spacial score (nSPS) is 13.9. The van der Waals surface area contributed by atoms with E-state index in [1.165, 1.54) is 0 Å². The van der Waals surface area contributed by atoms with E-state index in [9.17, 15) is 18.3 Å². The number of aliphatic hydroxyl groups is 1. The van der Waals surface area contributed by atoms with Crippen molar-refractivity contribution < 1.29 is 23.4 Å². The van der Waals surface area contributed by atoms with E-state index in [0.29, 0.717) is 6.07 Å². The Bertz CT molecular complexity index is 352. The van der Waals surface area contributed by atoms with E-state index < -0.39 is 30.1 Å². The van der Waals surface area contributed by atoms with Crippen molar-refractivity contribution in [2.24, 2.45) is 5.73 Å². The van der Waals surface area contributed by atoms with Crippen LogP contribution in [0.4, 0.5) is 13.2 Å². The Hall–Kier alpha value is -1.27. The molecular weight excluding hydrogens is 211 g/mol. The number of phenolic OH excluding ortho intramolecular Hbond substituents is 1. The van der Waals surface area contributed by atoms with Crippen molar-refractivity contribution in [2.45, 2.75) is 12.2 Å². The first-order chi connectivity index (χ1) is 6.86. The number of alkyl halides is 3. The van der Waals surface area contributed by atoms with Gasteiger partial charge < -0.3 is 15.9 Å². The zero-order chi connectivity index (χ0) is 11.6. The van der Waals surface area contributed by atoms with Crippen LogP contribution in [0, 0.1) is 0 Å². The Labute approximate surface area is 84.0 Å². The summed E-state index contributed by atoms with van der Waals surface area (Å²) in [5, 5.41) is 17.9. The molecule has 15 heavy (non-hydrogen) atoms. The van der Waals surface area contributed by atoms with Crippen LogP contribution in [0.15, 0.2) is 18.2 Å². The lowest BCUT2D eigenvalue weighted by Crippen LogP contribution is -2.15. The van der Waals surface area contributed by atoms with Gasteiger partial charge in [0.2, 0.25) is 0 Å². The predicted molar refractivity (Wildman–Crippen MR) is 47.1 cm³/mol. The second-order valence-corrected chi connectivity index (χ2v) is 3.06. The zero-order valence-corrected chi connectivity index (χ0v) is 7.62. The molecule has 0 radical (unpaired) electrons. The van der Waals surface area contributed by atoms with Crippen LogP contribution in [0.3, 0.4) is 0 Å². The number of aromatic hydroxyl groups is 1. The molecule has 0 heterocycles. The summed E-state index contributed by atoms with van der Waals surface area (Å²) in [4.78, 5) is 0. The van der Waals surface area contributed by atoms with Crippen molar-refractivity contribution in [1.82, 2.24) is 0 Å². The van der Waals surface area contributed by atoms with Gasteiger partial charge in [-0.05, 0) is 12.1 Å². The third-order valence-corrected chi connectivity index (χ3v) is 1.95. The fourth-order valence-corrected chi connectivity index (χ4v) is 1.13. The van der Waals surface area contributed by atoms with Crippen molar-refractivity contribution in [3.05, 3.63) is 29.3 Å². The van der Waals surface area contributed by atoms with Gasteiger partial charge in [0.05, 0.1) is 18.2 Å². The molecular formula is C9H10F3NO2. The van der Waals surface area contributed by atoms with E-state index in [4.69, 9.17) is 10.8 Å². The maximum atomic E-state index is 12.2. The van der Waals surface area contributed by atoms with Crippen molar-refractivity contribution in [3.63, 3.8) is 0 Å². The summed E-state index contributed by atoms with van der Waals surface area (Å²) in [6, 6.07) is 1.57. The first-order valence-electron chi connectivity index (χ1n) is 4.13. The van der Waals surface area contributed by atoms with E-state index in [1.807, 2.05) is 0 Å². The van der Waals surface area contributed by atoms with Crippen LogP contribution in [-0.2, 0) is 6.18 Å². The summed E-state index contributed by atoms with van der Waals surface area (Å²) >= 11 is 0. The highest BCUT2D eigenvalue weighted by Crippen LogP contribution is 2.33. The minimum Gasteiger partial charge on any atom is -0.508 e. The van der Waals surface area contributed by atoms with Gasteiger partial charge in [-0.15, -0.1) is 0 Å². The predicted octanol–water partition coefficient (Wildman–Crippen LogP) is 1.40. The quantitative estimate of drug-likeness (QED) is 0.707. The largest absolute Gasteiger partial charge is 0.508 e. The molecule has 1 aromatic carbocycles. The van der Waals surface area contributed by atoms with Crippen molar-refractivity contribution in [3.8, 4) is 5.75 Å². The first-order valence-corrected chi connectivity index (χ1v) is 4.13. The molecule has 0 aromatic heterocycles. The average Bonchev–Trinajstić information content (AvgIpc) is 2.15. The number of hydrogen-bond donors (Lipinski definition) is 3. The van der Waals surface area contributed by atoms with E-state index in [-0.39, 0.29) is 5.56 Å². The summed E-state index contributed by atoms with van der Waals surface area (Å²) in [7, 11) is 0. The monoisotopic (exact) mass is 221 g/mol. The number of benzene rings is 1. The molecule has 0 aliphatic heterocycles. The molecule has 0 aliphatic rings. The SMILES string of the molecule is N[C@H](CO)c1ccc(C(F)(F)F)cc1O. The topological polar surface area (TPSA) is 66.5 Å². The molecule has 0 spiro atoms. The Morgan fingerprint density at radius 3 is 2.33 bits per heavy atom.